The second-order valence-corrected chi connectivity index (χ2v) is 5.25. The standard InChI is InChI=1S/C8H14O6S/c1-3-4-12-7(9)14-8(2)5-13-15(10,11)6-8/h3-6H2,1-2H3. The maximum absolute atomic E-state index is 11.1. The third-order valence-corrected chi connectivity index (χ3v) is 3.22. The molecule has 0 radical (unpaired) electrons. The molecule has 1 fully saturated rings. The highest BCUT2D eigenvalue weighted by Crippen LogP contribution is 2.23. The maximum Gasteiger partial charge on any atom is 0.508 e. The average molecular weight is 238 g/mol. The predicted octanol–water partition coefficient (Wildman–Crippen LogP) is 0.668. The van der Waals surface area contributed by atoms with E-state index in [1.807, 2.05) is 6.92 Å². The number of carbonyl (C=O) groups is 1. The summed E-state index contributed by atoms with van der Waals surface area (Å²) in [5, 5.41) is 0. The molecule has 1 rings (SSSR count). The number of hydrogen-bond donors (Lipinski definition) is 0. The van der Waals surface area contributed by atoms with Gasteiger partial charge in [-0.1, -0.05) is 6.92 Å². The molecule has 1 aliphatic rings. The molecule has 0 bridgehead atoms. The molecule has 0 N–H and O–H groups in total. The van der Waals surface area contributed by atoms with Crippen LogP contribution < -0.4 is 0 Å². The third-order valence-electron chi connectivity index (χ3n) is 1.78. The summed E-state index contributed by atoms with van der Waals surface area (Å²) in [6.07, 6.45) is -0.180. The van der Waals surface area contributed by atoms with E-state index in [2.05, 4.69) is 8.92 Å². The minimum atomic E-state index is -3.55. The molecule has 1 unspecified atom stereocenters. The largest absolute Gasteiger partial charge is 0.508 e. The zero-order chi connectivity index (χ0) is 11.5. The Hall–Kier alpha value is -0.820. The van der Waals surface area contributed by atoms with Crippen molar-refractivity contribution in [1.29, 1.82) is 0 Å². The van der Waals surface area contributed by atoms with Crippen LogP contribution in [-0.4, -0.2) is 39.1 Å². The molecule has 0 aromatic rings. The number of hydrogen-bond acceptors (Lipinski definition) is 6. The molecule has 7 heteroatoms. The fraction of sp³-hybridized carbons (Fsp3) is 0.875. The van der Waals surface area contributed by atoms with Crippen molar-refractivity contribution in [3.8, 4) is 0 Å². The summed E-state index contributed by atoms with van der Waals surface area (Å²) in [5.74, 6) is -0.332. The SMILES string of the molecule is CCCOC(=O)OC1(C)COS(=O)(=O)C1. The van der Waals surface area contributed by atoms with Crippen LogP contribution >= 0.6 is 0 Å². The number of carbonyl (C=O) groups excluding carboxylic acids is 1. The minimum Gasteiger partial charge on any atom is -0.434 e. The molecule has 0 spiro atoms. The second kappa shape index (κ2) is 4.36. The van der Waals surface area contributed by atoms with Gasteiger partial charge >= 0.3 is 6.16 Å². The monoisotopic (exact) mass is 238 g/mol. The summed E-state index contributed by atoms with van der Waals surface area (Å²) in [6, 6.07) is 0. The zero-order valence-electron chi connectivity index (χ0n) is 8.69. The molecule has 0 aromatic carbocycles. The molecule has 1 saturated heterocycles. The summed E-state index contributed by atoms with van der Waals surface area (Å²) in [7, 11) is -3.55. The lowest BCUT2D eigenvalue weighted by atomic mass is 10.1. The van der Waals surface area contributed by atoms with Crippen LogP contribution in [0.2, 0.25) is 0 Å². The Labute approximate surface area is 88.6 Å². The summed E-state index contributed by atoms with van der Waals surface area (Å²) in [5.41, 5.74) is -1.14. The van der Waals surface area contributed by atoms with E-state index >= 15 is 0 Å². The van der Waals surface area contributed by atoms with E-state index in [0.29, 0.717) is 6.42 Å². The van der Waals surface area contributed by atoms with Crippen LogP contribution in [0.3, 0.4) is 0 Å². The van der Waals surface area contributed by atoms with Crippen LogP contribution in [-0.2, 0) is 23.8 Å². The lowest BCUT2D eigenvalue weighted by Crippen LogP contribution is -2.36. The van der Waals surface area contributed by atoms with Crippen molar-refractivity contribution in [2.24, 2.45) is 0 Å². The molecule has 0 saturated carbocycles. The van der Waals surface area contributed by atoms with E-state index in [-0.39, 0.29) is 19.0 Å². The van der Waals surface area contributed by atoms with Gasteiger partial charge in [0.05, 0.1) is 6.61 Å². The fourth-order valence-electron chi connectivity index (χ4n) is 1.15. The van der Waals surface area contributed by atoms with Gasteiger partial charge in [-0.3, -0.25) is 4.18 Å². The molecule has 0 aliphatic carbocycles. The van der Waals surface area contributed by atoms with Crippen molar-refractivity contribution in [1.82, 2.24) is 0 Å². The Morgan fingerprint density at radius 3 is 2.67 bits per heavy atom. The van der Waals surface area contributed by atoms with Crippen LogP contribution in [0.1, 0.15) is 20.3 Å². The Balaban J connectivity index is 2.48. The van der Waals surface area contributed by atoms with Gasteiger partial charge in [0.1, 0.15) is 12.4 Å². The van der Waals surface area contributed by atoms with Crippen molar-refractivity contribution >= 4 is 16.3 Å². The van der Waals surface area contributed by atoms with Gasteiger partial charge in [-0.05, 0) is 13.3 Å². The van der Waals surface area contributed by atoms with Crippen molar-refractivity contribution in [2.45, 2.75) is 25.9 Å². The average Bonchev–Trinajstić information content (AvgIpc) is 2.37. The molecule has 15 heavy (non-hydrogen) atoms. The van der Waals surface area contributed by atoms with Gasteiger partial charge in [-0.25, -0.2) is 4.79 Å². The molecular weight excluding hydrogens is 224 g/mol. The van der Waals surface area contributed by atoms with Crippen molar-refractivity contribution < 1.29 is 26.9 Å². The van der Waals surface area contributed by atoms with Gasteiger partial charge in [-0.2, -0.15) is 8.42 Å². The molecule has 0 amide bonds. The van der Waals surface area contributed by atoms with Crippen LogP contribution in [0, 0.1) is 0 Å². The van der Waals surface area contributed by atoms with E-state index < -0.39 is 21.9 Å². The summed E-state index contributed by atoms with van der Waals surface area (Å²) < 4.78 is 36.0. The van der Waals surface area contributed by atoms with Crippen molar-refractivity contribution in [3.63, 3.8) is 0 Å². The first kappa shape index (κ1) is 12.3. The Bertz CT molecular complexity index is 335. The predicted molar refractivity (Wildman–Crippen MR) is 50.9 cm³/mol. The van der Waals surface area contributed by atoms with Crippen LogP contribution in [0.4, 0.5) is 4.79 Å². The normalized spacial score (nSPS) is 28.7. The second-order valence-electron chi connectivity index (χ2n) is 3.61. The first-order chi connectivity index (χ1) is 6.87. The highest BCUT2D eigenvalue weighted by atomic mass is 32.2. The Morgan fingerprint density at radius 2 is 2.20 bits per heavy atom. The van der Waals surface area contributed by atoms with E-state index in [9.17, 15) is 13.2 Å². The fourth-order valence-corrected chi connectivity index (χ4v) is 2.55. The van der Waals surface area contributed by atoms with Gasteiger partial charge < -0.3 is 9.47 Å². The van der Waals surface area contributed by atoms with Gasteiger partial charge in [0, 0.05) is 0 Å². The van der Waals surface area contributed by atoms with E-state index in [1.165, 1.54) is 6.92 Å². The zero-order valence-corrected chi connectivity index (χ0v) is 9.50. The number of ether oxygens (including phenoxy) is 2. The molecular formula is C8H14O6S. The van der Waals surface area contributed by atoms with Crippen LogP contribution in [0.25, 0.3) is 0 Å². The van der Waals surface area contributed by atoms with Crippen molar-refractivity contribution in [3.05, 3.63) is 0 Å². The summed E-state index contributed by atoms with van der Waals surface area (Å²) in [6.45, 7) is 3.43. The quantitative estimate of drug-likeness (QED) is 0.531. The van der Waals surface area contributed by atoms with Gasteiger partial charge in [0.15, 0.2) is 5.60 Å². The number of rotatable bonds is 3. The highest BCUT2D eigenvalue weighted by Gasteiger charge is 2.43. The highest BCUT2D eigenvalue weighted by molar-refractivity contribution is 7.87. The molecule has 1 heterocycles. The van der Waals surface area contributed by atoms with Crippen LogP contribution in [0.15, 0.2) is 0 Å². The van der Waals surface area contributed by atoms with E-state index in [0.717, 1.165) is 0 Å². The maximum atomic E-state index is 11.1. The van der Waals surface area contributed by atoms with Gasteiger partial charge in [0.2, 0.25) is 0 Å². The van der Waals surface area contributed by atoms with Gasteiger partial charge in [-0.15, -0.1) is 0 Å². The molecule has 1 aliphatic heterocycles. The van der Waals surface area contributed by atoms with E-state index in [4.69, 9.17) is 4.74 Å². The Morgan fingerprint density at radius 1 is 1.53 bits per heavy atom. The Kier molecular flexibility index (Phi) is 3.56. The molecule has 6 nitrogen and oxygen atoms in total. The molecule has 88 valence electrons. The van der Waals surface area contributed by atoms with E-state index in [1.54, 1.807) is 0 Å². The smallest absolute Gasteiger partial charge is 0.434 e. The molecule has 0 aromatic heterocycles. The first-order valence-corrected chi connectivity index (χ1v) is 6.17. The lowest BCUT2D eigenvalue weighted by Gasteiger charge is -2.19. The lowest BCUT2D eigenvalue weighted by molar-refractivity contribution is -0.0231. The first-order valence-electron chi connectivity index (χ1n) is 4.60. The third kappa shape index (κ3) is 3.67. The van der Waals surface area contributed by atoms with Crippen LogP contribution in [0.5, 0.6) is 0 Å². The van der Waals surface area contributed by atoms with Gasteiger partial charge in [0.25, 0.3) is 10.1 Å². The topological polar surface area (TPSA) is 78.9 Å². The summed E-state index contributed by atoms with van der Waals surface area (Å²) >= 11 is 0. The molecule has 1 atom stereocenters. The van der Waals surface area contributed by atoms with Crippen molar-refractivity contribution in [2.75, 3.05) is 19.0 Å². The summed E-state index contributed by atoms with van der Waals surface area (Å²) in [4.78, 5) is 11.1. The minimum absolute atomic E-state index is 0.156.